The number of nitrogens with zero attached hydrogens (tertiary/aromatic N) is 1. The van der Waals surface area contributed by atoms with Crippen LogP contribution in [0.25, 0.3) is 0 Å². The molecular formula is C23H22N2O3. The molecule has 28 heavy (non-hydrogen) atoms. The quantitative estimate of drug-likeness (QED) is 0.631. The van der Waals surface area contributed by atoms with E-state index in [1.165, 1.54) is 6.07 Å². The topological polar surface area (TPSA) is 69.6 Å². The number of carboxylic acids is 1. The summed E-state index contributed by atoms with van der Waals surface area (Å²) in [5, 5.41) is 12.5. The second-order valence-corrected chi connectivity index (χ2v) is 6.36. The molecule has 5 nitrogen and oxygen atoms in total. The molecule has 0 aromatic heterocycles. The lowest BCUT2D eigenvalue weighted by Gasteiger charge is -2.25. The van der Waals surface area contributed by atoms with Crippen LogP contribution < -0.4 is 10.2 Å². The summed E-state index contributed by atoms with van der Waals surface area (Å²) in [6.45, 7) is 3.25. The lowest BCUT2D eigenvalue weighted by Crippen LogP contribution is -2.24. The van der Waals surface area contributed by atoms with E-state index in [0.717, 1.165) is 5.56 Å². The summed E-state index contributed by atoms with van der Waals surface area (Å²) in [7, 11) is 0. The van der Waals surface area contributed by atoms with Crippen LogP contribution in [0.5, 0.6) is 0 Å². The van der Waals surface area contributed by atoms with Crippen LogP contribution in [0.2, 0.25) is 0 Å². The molecular weight excluding hydrogens is 352 g/mol. The second kappa shape index (κ2) is 8.86. The SMILES string of the molecule is CCN(Cc1ccccc1)c1ccc(NC(=O)c2ccccc2)cc1C(=O)O. The number of aromatic carboxylic acids is 1. The minimum atomic E-state index is -1.03. The predicted molar refractivity (Wildman–Crippen MR) is 111 cm³/mol. The second-order valence-electron chi connectivity index (χ2n) is 6.36. The Morgan fingerprint density at radius 1 is 0.929 bits per heavy atom. The van der Waals surface area contributed by atoms with Crippen molar-refractivity contribution < 1.29 is 14.7 Å². The average molecular weight is 374 g/mol. The van der Waals surface area contributed by atoms with E-state index in [-0.39, 0.29) is 11.5 Å². The van der Waals surface area contributed by atoms with Crippen molar-refractivity contribution in [2.75, 3.05) is 16.8 Å². The number of carbonyl (C=O) groups is 2. The molecule has 5 heteroatoms. The molecule has 1 amide bonds. The third-order valence-electron chi connectivity index (χ3n) is 4.46. The standard InChI is InChI=1S/C23H22N2O3/c1-2-25(16-17-9-5-3-6-10-17)21-14-13-19(15-20(21)23(27)28)24-22(26)18-11-7-4-8-12-18/h3-15H,2,16H2,1H3,(H,24,26)(H,27,28). The molecule has 3 rings (SSSR count). The normalized spacial score (nSPS) is 10.3. The van der Waals surface area contributed by atoms with Crippen molar-refractivity contribution in [3.05, 3.63) is 95.6 Å². The van der Waals surface area contributed by atoms with Crippen LogP contribution in [0.15, 0.2) is 78.9 Å². The van der Waals surface area contributed by atoms with Gasteiger partial charge in [0.05, 0.1) is 11.3 Å². The van der Waals surface area contributed by atoms with Gasteiger partial charge in [0.15, 0.2) is 0 Å². The van der Waals surface area contributed by atoms with Gasteiger partial charge in [-0.15, -0.1) is 0 Å². The summed E-state index contributed by atoms with van der Waals surface area (Å²) >= 11 is 0. The molecule has 0 atom stereocenters. The third kappa shape index (κ3) is 4.57. The lowest BCUT2D eigenvalue weighted by atomic mass is 10.1. The minimum Gasteiger partial charge on any atom is -0.478 e. The van der Waals surface area contributed by atoms with E-state index in [9.17, 15) is 14.7 Å². The Hall–Kier alpha value is -3.60. The van der Waals surface area contributed by atoms with Crippen LogP contribution in [0, 0.1) is 0 Å². The van der Waals surface area contributed by atoms with Crippen LogP contribution in [0.4, 0.5) is 11.4 Å². The molecule has 0 aliphatic rings. The number of carbonyl (C=O) groups excluding carboxylic acids is 1. The Morgan fingerprint density at radius 2 is 1.57 bits per heavy atom. The fourth-order valence-electron chi connectivity index (χ4n) is 3.02. The Morgan fingerprint density at radius 3 is 2.18 bits per heavy atom. The van der Waals surface area contributed by atoms with Gasteiger partial charge in [-0.05, 0) is 42.8 Å². The number of hydrogen-bond acceptors (Lipinski definition) is 3. The van der Waals surface area contributed by atoms with Crippen molar-refractivity contribution in [3.63, 3.8) is 0 Å². The fraction of sp³-hybridized carbons (Fsp3) is 0.130. The fourth-order valence-corrected chi connectivity index (χ4v) is 3.02. The van der Waals surface area contributed by atoms with E-state index in [2.05, 4.69) is 5.32 Å². The van der Waals surface area contributed by atoms with Gasteiger partial charge >= 0.3 is 5.97 Å². The number of benzene rings is 3. The summed E-state index contributed by atoms with van der Waals surface area (Å²) in [6, 6.07) is 23.7. The molecule has 0 saturated carbocycles. The van der Waals surface area contributed by atoms with Gasteiger partial charge in [-0.1, -0.05) is 48.5 Å². The lowest BCUT2D eigenvalue weighted by molar-refractivity contribution is 0.0697. The van der Waals surface area contributed by atoms with Crippen molar-refractivity contribution in [3.8, 4) is 0 Å². The molecule has 0 aliphatic carbocycles. The molecule has 0 aliphatic heterocycles. The molecule has 0 heterocycles. The molecule has 0 unspecified atom stereocenters. The number of rotatable bonds is 7. The highest BCUT2D eigenvalue weighted by molar-refractivity contribution is 6.05. The average Bonchev–Trinajstić information content (AvgIpc) is 2.73. The first-order valence-electron chi connectivity index (χ1n) is 9.11. The number of carboxylic acid groups (broad SMARTS) is 1. The largest absolute Gasteiger partial charge is 0.478 e. The number of amides is 1. The first kappa shape index (κ1) is 19.2. The van der Waals surface area contributed by atoms with Gasteiger partial charge in [0.1, 0.15) is 0 Å². The summed E-state index contributed by atoms with van der Waals surface area (Å²) in [5.74, 6) is -1.31. The molecule has 0 saturated heterocycles. The van der Waals surface area contributed by atoms with Gasteiger partial charge in [-0.2, -0.15) is 0 Å². The highest BCUT2D eigenvalue weighted by Gasteiger charge is 2.17. The first-order valence-corrected chi connectivity index (χ1v) is 9.11. The molecule has 0 fully saturated rings. The van der Waals surface area contributed by atoms with Crippen LogP contribution in [-0.4, -0.2) is 23.5 Å². The van der Waals surface area contributed by atoms with Crippen molar-refractivity contribution in [1.82, 2.24) is 0 Å². The maximum atomic E-state index is 12.3. The Labute approximate surface area is 164 Å². The van der Waals surface area contributed by atoms with Crippen LogP contribution in [-0.2, 0) is 6.54 Å². The first-order chi connectivity index (χ1) is 13.6. The summed E-state index contributed by atoms with van der Waals surface area (Å²) < 4.78 is 0. The molecule has 0 bridgehead atoms. The zero-order valence-electron chi connectivity index (χ0n) is 15.6. The van der Waals surface area contributed by atoms with Gasteiger partial charge in [0.2, 0.25) is 0 Å². The highest BCUT2D eigenvalue weighted by atomic mass is 16.4. The van der Waals surface area contributed by atoms with Gasteiger partial charge in [-0.25, -0.2) is 4.79 Å². The summed E-state index contributed by atoms with van der Waals surface area (Å²) in [6.07, 6.45) is 0. The van der Waals surface area contributed by atoms with Gasteiger partial charge in [0.25, 0.3) is 5.91 Å². The van der Waals surface area contributed by atoms with E-state index in [1.807, 2.05) is 48.2 Å². The van der Waals surface area contributed by atoms with Crippen molar-refractivity contribution in [2.45, 2.75) is 13.5 Å². The molecule has 3 aromatic carbocycles. The van der Waals surface area contributed by atoms with Gasteiger partial charge in [0, 0.05) is 24.3 Å². The Kier molecular flexibility index (Phi) is 6.07. The zero-order chi connectivity index (χ0) is 19.9. The number of nitrogens with one attached hydrogen (secondary N) is 1. The zero-order valence-corrected chi connectivity index (χ0v) is 15.6. The molecule has 3 aromatic rings. The monoisotopic (exact) mass is 374 g/mol. The summed E-state index contributed by atoms with van der Waals surface area (Å²) in [5.41, 5.74) is 2.84. The van der Waals surface area contributed by atoms with Crippen molar-refractivity contribution in [1.29, 1.82) is 0 Å². The molecule has 2 N–H and O–H groups in total. The van der Waals surface area contributed by atoms with Crippen molar-refractivity contribution in [2.24, 2.45) is 0 Å². The molecule has 0 radical (unpaired) electrons. The van der Waals surface area contributed by atoms with Crippen LogP contribution >= 0.6 is 0 Å². The Balaban J connectivity index is 1.86. The smallest absolute Gasteiger partial charge is 0.337 e. The van der Waals surface area contributed by atoms with E-state index >= 15 is 0 Å². The highest BCUT2D eigenvalue weighted by Crippen LogP contribution is 2.26. The maximum Gasteiger partial charge on any atom is 0.337 e. The van der Waals surface area contributed by atoms with E-state index in [1.54, 1.807) is 36.4 Å². The molecule has 0 spiro atoms. The molecule has 142 valence electrons. The van der Waals surface area contributed by atoms with Crippen molar-refractivity contribution >= 4 is 23.3 Å². The third-order valence-corrected chi connectivity index (χ3v) is 4.46. The van der Waals surface area contributed by atoms with Crippen LogP contribution in [0.1, 0.15) is 33.2 Å². The predicted octanol–water partition coefficient (Wildman–Crippen LogP) is 4.66. The van der Waals surface area contributed by atoms with E-state index in [4.69, 9.17) is 0 Å². The van der Waals surface area contributed by atoms with Gasteiger partial charge in [-0.3, -0.25) is 4.79 Å². The minimum absolute atomic E-state index is 0.156. The van der Waals surface area contributed by atoms with Crippen LogP contribution in [0.3, 0.4) is 0 Å². The summed E-state index contributed by atoms with van der Waals surface area (Å²) in [4.78, 5) is 26.2. The van der Waals surface area contributed by atoms with E-state index in [0.29, 0.717) is 30.0 Å². The van der Waals surface area contributed by atoms with Gasteiger partial charge < -0.3 is 15.3 Å². The Bertz CT molecular complexity index is 956. The number of anilines is 2. The van der Waals surface area contributed by atoms with E-state index < -0.39 is 5.97 Å². The maximum absolute atomic E-state index is 12.3. The number of hydrogen-bond donors (Lipinski definition) is 2.